The summed E-state index contributed by atoms with van der Waals surface area (Å²) in [4.78, 5) is 31.5. The minimum atomic E-state index is -0.702. The van der Waals surface area contributed by atoms with E-state index in [1.807, 2.05) is 13.0 Å². The lowest BCUT2D eigenvalue weighted by Crippen LogP contribution is -2.46. The number of piperidine rings is 1. The first-order valence-electron chi connectivity index (χ1n) is 10.1. The number of carbonyl (C=O) groups is 2. The topological polar surface area (TPSA) is 138 Å². The van der Waals surface area contributed by atoms with E-state index >= 15 is 0 Å². The molecule has 2 amide bonds. The Morgan fingerprint density at radius 3 is 2.73 bits per heavy atom. The van der Waals surface area contributed by atoms with Crippen molar-refractivity contribution in [2.24, 2.45) is 5.92 Å². The van der Waals surface area contributed by atoms with Crippen molar-refractivity contribution in [3.8, 4) is 0 Å². The molecule has 1 aromatic heterocycles. The predicted molar refractivity (Wildman–Crippen MR) is 118 cm³/mol. The van der Waals surface area contributed by atoms with Gasteiger partial charge in [0.25, 0.3) is 0 Å². The van der Waals surface area contributed by atoms with Gasteiger partial charge in [-0.25, -0.2) is 4.98 Å². The Morgan fingerprint density at radius 2 is 2.07 bits per heavy atom. The van der Waals surface area contributed by atoms with Crippen LogP contribution in [0, 0.1) is 11.3 Å². The molecule has 1 saturated heterocycles. The number of nitrogens with two attached hydrogens (primary N) is 2. The molecule has 0 saturated carbocycles. The molecule has 158 valence electrons. The first kappa shape index (κ1) is 21.3. The molecule has 8 nitrogen and oxygen atoms in total. The minimum Gasteiger partial charge on any atom is -0.398 e. The van der Waals surface area contributed by atoms with Crippen molar-refractivity contribution in [2.75, 3.05) is 23.3 Å². The van der Waals surface area contributed by atoms with Crippen LogP contribution in [0.4, 0.5) is 17.2 Å². The van der Waals surface area contributed by atoms with E-state index < -0.39 is 11.8 Å². The molecular weight excluding hydrogens is 380 g/mol. The molecule has 30 heavy (non-hydrogen) atoms. The van der Waals surface area contributed by atoms with Crippen molar-refractivity contribution < 1.29 is 9.59 Å². The number of hydrogen-bond acceptors (Lipinski definition) is 6. The van der Waals surface area contributed by atoms with Gasteiger partial charge in [-0.1, -0.05) is 26.0 Å². The number of anilines is 3. The van der Waals surface area contributed by atoms with Crippen LogP contribution in [0.25, 0.3) is 0 Å². The van der Waals surface area contributed by atoms with Gasteiger partial charge in [0, 0.05) is 24.0 Å². The van der Waals surface area contributed by atoms with Crippen LogP contribution in [0.2, 0.25) is 0 Å². The Morgan fingerprint density at radius 1 is 1.30 bits per heavy atom. The highest BCUT2D eigenvalue weighted by molar-refractivity contribution is 6.39. The third kappa shape index (κ3) is 4.42. The van der Waals surface area contributed by atoms with Crippen LogP contribution < -0.4 is 16.8 Å². The highest BCUT2D eigenvalue weighted by Crippen LogP contribution is 2.34. The molecule has 0 radical (unpaired) electrons. The van der Waals surface area contributed by atoms with Crippen LogP contribution in [-0.4, -0.2) is 34.5 Å². The number of nitrogen functional groups attached to an aromatic ring is 2. The van der Waals surface area contributed by atoms with Gasteiger partial charge in [-0.3, -0.25) is 9.59 Å². The summed E-state index contributed by atoms with van der Waals surface area (Å²) in [6.45, 7) is 4.50. The molecule has 1 aromatic carbocycles. The van der Waals surface area contributed by atoms with Crippen molar-refractivity contribution in [3.63, 3.8) is 0 Å². The predicted octanol–water partition coefficient (Wildman–Crippen LogP) is 2.74. The number of amides is 2. The van der Waals surface area contributed by atoms with Gasteiger partial charge < -0.3 is 27.1 Å². The molecule has 0 unspecified atom stereocenters. The van der Waals surface area contributed by atoms with E-state index in [2.05, 4.69) is 17.2 Å². The monoisotopic (exact) mass is 408 g/mol. The summed E-state index contributed by atoms with van der Waals surface area (Å²) in [5, 5.41) is 10.1. The molecule has 1 fully saturated rings. The maximum atomic E-state index is 13.1. The van der Waals surface area contributed by atoms with Crippen LogP contribution in [0.1, 0.15) is 49.4 Å². The van der Waals surface area contributed by atoms with Gasteiger partial charge in [0.2, 0.25) is 0 Å². The zero-order valence-electron chi connectivity index (χ0n) is 17.3. The van der Waals surface area contributed by atoms with E-state index in [0.29, 0.717) is 41.6 Å². The van der Waals surface area contributed by atoms with Gasteiger partial charge in [-0.15, -0.1) is 0 Å². The number of carbonyl (C=O) groups excluding carboxylic acids is 2. The van der Waals surface area contributed by atoms with Gasteiger partial charge in [0.1, 0.15) is 5.82 Å². The Hall–Kier alpha value is -3.42. The second kappa shape index (κ2) is 8.94. The van der Waals surface area contributed by atoms with Crippen molar-refractivity contribution in [3.05, 3.63) is 47.2 Å². The molecule has 1 aliphatic rings. The summed E-state index contributed by atoms with van der Waals surface area (Å²) in [6.07, 6.45) is 5.02. The lowest BCUT2D eigenvalue weighted by atomic mass is 9.89. The maximum absolute atomic E-state index is 13.1. The SMILES string of the molecule is CCc1cc(NC(=O)C(=O)N2C[C@@H](C)CC[C@@H]2c2ccc(C=N)c(N)c2)cnc1N. The highest BCUT2D eigenvalue weighted by atomic mass is 16.2. The minimum absolute atomic E-state index is 0.239. The number of pyridine rings is 1. The third-order valence-electron chi connectivity index (χ3n) is 5.56. The van der Waals surface area contributed by atoms with Gasteiger partial charge in [-0.05, 0) is 48.4 Å². The lowest BCUT2D eigenvalue weighted by molar-refractivity contribution is -0.146. The average molecular weight is 409 g/mol. The van der Waals surface area contributed by atoms with E-state index in [1.54, 1.807) is 23.1 Å². The first-order chi connectivity index (χ1) is 14.3. The molecule has 6 N–H and O–H groups in total. The number of rotatable bonds is 4. The third-order valence-corrected chi connectivity index (χ3v) is 5.56. The fraction of sp³-hybridized carbons (Fsp3) is 0.364. The Kier molecular flexibility index (Phi) is 6.34. The second-order valence-corrected chi connectivity index (χ2v) is 7.76. The zero-order valence-corrected chi connectivity index (χ0v) is 17.3. The fourth-order valence-electron chi connectivity index (χ4n) is 3.84. The summed E-state index contributed by atoms with van der Waals surface area (Å²) >= 11 is 0. The van der Waals surface area contributed by atoms with Crippen LogP contribution >= 0.6 is 0 Å². The number of nitrogens with one attached hydrogen (secondary N) is 2. The van der Waals surface area contributed by atoms with E-state index in [9.17, 15) is 9.59 Å². The molecular formula is C22H28N6O2. The number of aryl methyl sites for hydroxylation is 1. The summed E-state index contributed by atoms with van der Waals surface area (Å²) in [6, 6.07) is 6.92. The molecule has 3 rings (SSSR count). The van der Waals surface area contributed by atoms with Gasteiger partial charge in [0.15, 0.2) is 0 Å². The van der Waals surface area contributed by atoms with Crippen molar-refractivity contribution in [1.82, 2.24) is 9.88 Å². The van der Waals surface area contributed by atoms with Crippen LogP contribution in [0.15, 0.2) is 30.5 Å². The van der Waals surface area contributed by atoms with Crippen molar-refractivity contribution in [1.29, 1.82) is 5.41 Å². The van der Waals surface area contributed by atoms with Crippen molar-refractivity contribution in [2.45, 2.75) is 39.2 Å². The standard InChI is InChI=1S/C22H28N6O2/c1-3-14-8-17(11-26-20(14)25)27-21(29)22(30)28-12-13(2)4-7-19(28)15-5-6-16(10-23)18(24)9-15/h5-6,8-11,13,19,23H,3-4,7,12,24H2,1-2H3,(H2,25,26)(H,27,29)/t13-,19+/m0/s1. The first-order valence-corrected chi connectivity index (χ1v) is 10.1. The fourth-order valence-corrected chi connectivity index (χ4v) is 3.84. The molecule has 0 aliphatic carbocycles. The Labute approximate surface area is 176 Å². The molecule has 0 bridgehead atoms. The van der Waals surface area contributed by atoms with Crippen LogP contribution in [-0.2, 0) is 16.0 Å². The molecule has 2 aromatic rings. The molecule has 2 atom stereocenters. The quantitative estimate of drug-likeness (QED) is 0.350. The Bertz CT molecular complexity index is 974. The number of likely N-dealkylation sites (tertiary alicyclic amines) is 1. The highest BCUT2D eigenvalue weighted by Gasteiger charge is 2.34. The van der Waals surface area contributed by atoms with E-state index in [0.717, 1.165) is 24.0 Å². The molecule has 1 aliphatic heterocycles. The normalized spacial score (nSPS) is 18.7. The maximum Gasteiger partial charge on any atom is 0.313 e. The number of benzene rings is 1. The number of aromatic nitrogens is 1. The smallest absolute Gasteiger partial charge is 0.313 e. The Balaban J connectivity index is 1.82. The van der Waals surface area contributed by atoms with Crippen LogP contribution in [0.3, 0.4) is 0 Å². The average Bonchev–Trinajstić information content (AvgIpc) is 2.74. The summed E-state index contributed by atoms with van der Waals surface area (Å²) < 4.78 is 0. The van der Waals surface area contributed by atoms with E-state index in [1.165, 1.54) is 12.4 Å². The summed E-state index contributed by atoms with van der Waals surface area (Å²) in [7, 11) is 0. The second-order valence-electron chi connectivity index (χ2n) is 7.76. The van der Waals surface area contributed by atoms with E-state index in [4.69, 9.17) is 16.9 Å². The largest absolute Gasteiger partial charge is 0.398 e. The van der Waals surface area contributed by atoms with Crippen LogP contribution in [0.5, 0.6) is 0 Å². The lowest BCUT2D eigenvalue weighted by Gasteiger charge is -2.38. The summed E-state index contributed by atoms with van der Waals surface area (Å²) in [5.74, 6) is -0.582. The van der Waals surface area contributed by atoms with Gasteiger partial charge in [-0.2, -0.15) is 0 Å². The van der Waals surface area contributed by atoms with Crippen molar-refractivity contribution >= 4 is 35.2 Å². The summed E-state index contributed by atoms with van der Waals surface area (Å²) in [5.41, 5.74) is 15.1. The number of hydrogen-bond donors (Lipinski definition) is 4. The van der Waals surface area contributed by atoms with Gasteiger partial charge in [0.05, 0.1) is 17.9 Å². The van der Waals surface area contributed by atoms with E-state index in [-0.39, 0.29) is 6.04 Å². The molecule has 2 heterocycles. The number of nitrogens with zero attached hydrogens (tertiary/aromatic N) is 2. The molecule has 8 heteroatoms. The van der Waals surface area contributed by atoms with Gasteiger partial charge >= 0.3 is 11.8 Å². The molecule has 0 spiro atoms. The zero-order chi connectivity index (χ0) is 21.8.